The molecule has 0 bridgehead atoms. The van der Waals surface area contributed by atoms with Crippen LogP contribution in [0.5, 0.6) is 0 Å². The van der Waals surface area contributed by atoms with Crippen molar-refractivity contribution in [3.8, 4) is 11.4 Å². The van der Waals surface area contributed by atoms with Gasteiger partial charge in [-0.15, -0.1) is 0 Å². The molecular formula is C18H25N7O3S. The van der Waals surface area contributed by atoms with E-state index in [0.29, 0.717) is 42.8 Å². The zero-order valence-corrected chi connectivity index (χ0v) is 17.7. The van der Waals surface area contributed by atoms with Crippen LogP contribution in [0.1, 0.15) is 17.4 Å². The van der Waals surface area contributed by atoms with Crippen LogP contribution in [0.4, 0.5) is 17.5 Å². The molecule has 0 aromatic carbocycles. The lowest BCUT2D eigenvalue weighted by molar-refractivity contribution is 0.0958. The third kappa shape index (κ3) is 5.18. The van der Waals surface area contributed by atoms with Gasteiger partial charge in [-0.2, -0.15) is 4.36 Å². The number of nitrogen functional groups attached to an aromatic ring is 1. The van der Waals surface area contributed by atoms with E-state index in [0.717, 1.165) is 0 Å². The minimum atomic E-state index is -2.43. The number of anilines is 2. The summed E-state index contributed by atoms with van der Waals surface area (Å²) in [5.74, 6) is 1.07. The largest absolute Gasteiger partial charge is 0.384 e. The molecule has 2 aromatic rings. The van der Waals surface area contributed by atoms with Crippen LogP contribution in [-0.4, -0.2) is 70.4 Å². The topological polar surface area (TPSA) is 136 Å². The van der Waals surface area contributed by atoms with Crippen molar-refractivity contribution in [1.82, 2.24) is 20.3 Å². The number of amides is 1. The summed E-state index contributed by atoms with van der Waals surface area (Å²) in [7, 11) is -0.917. The quantitative estimate of drug-likeness (QED) is 0.751. The van der Waals surface area contributed by atoms with Crippen molar-refractivity contribution in [2.24, 2.45) is 4.36 Å². The number of carbonyl (C=O) groups excluding carboxylic acids is 1. The van der Waals surface area contributed by atoms with Crippen LogP contribution in [0, 0.1) is 0 Å². The second-order valence-corrected chi connectivity index (χ2v) is 9.59. The van der Waals surface area contributed by atoms with Crippen molar-refractivity contribution >= 4 is 33.1 Å². The van der Waals surface area contributed by atoms with Crippen LogP contribution in [-0.2, 0) is 14.5 Å². The molecule has 10 nitrogen and oxygen atoms in total. The van der Waals surface area contributed by atoms with E-state index in [-0.39, 0.29) is 23.5 Å². The zero-order chi connectivity index (χ0) is 21.2. The Morgan fingerprint density at radius 2 is 2.07 bits per heavy atom. The van der Waals surface area contributed by atoms with Crippen LogP contribution >= 0.6 is 0 Å². The molecule has 156 valence electrons. The van der Waals surface area contributed by atoms with Gasteiger partial charge in [-0.25, -0.2) is 19.2 Å². The molecule has 11 heteroatoms. The molecule has 0 radical (unpaired) electrons. The number of morpholine rings is 1. The van der Waals surface area contributed by atoms with E-state index in [2.05, 4.69) is 29.5 Å². The highest BCUT2D eigenvalue weighted by Gasteiger charge is 2.22. The van der Waals surface area contributed by atoms with Gasteiger partial charge in [-0.1, -0.05) is 0 Å². The van der Waals surface area contributed by atoms with Crippen LogP contribution in [0.3, 0.4) is 0 Å². The second-order valence-electron chi connectivity index (χ2n) is 7.04. The zero-order valence-electron chi connectivity index (χ0n) is 16.9. The standard InChI is InChI=1S/C18H25N7O3S/c1-11-10-28-6-5-25(11)16-9-15(24-29(3,4)27)22-17(23-16)12-7-13(18(26)20-2)21-14(19)8-12/h7-9,11H,5-6,10H2,1-4H3,(H2,19,21)(H,20,26). The fourth-order valence-electron chi connectivity index (χ4n) is 2.96. The highest BCUT2D eigenvalue weighted by molar-refractivity contribution is 7.92. The fraction of sp³-hybridized carbons (Fsp3) is 0.444. The summed E-state index contributed by atoms with van der Waals surface area (Å²) >= 11 is 0. The minimum Gasteiger partial charge on any atom is -0.384 e. The molecule has 1 aliphatic rings. The number of nitrogens with two attached hydrogens (primary N) is 1. The van der Waals surface area contributed by atoms with Gasteiger partial charge in [0.1, 0.15) is 17.3 Å². The SMILES string of the molecule is CNC(=O)c1cc(-c2nc(N=S(C)(C)=O)cc(N3CCOCC3C)n2)cc(N)n1. The van der Waals surface area contributed by atoms with Crippen molar-refractivity contribution in [2.75, 3.05) is 50.0 Å². The maximum absolute atomic E-state index is 12.2. The van der Waals surface area contributed by atoms with Gasteiger partial charge in [0.05, 0.1) is 19.3 Å². The highest BCUT2D eigenvalue weighted by Crippen LogP contribution is 2.27. The summed E-state index contributed by atoms with van der Waals surface area (Å²) in [6.07, 6.45) is 3.08. The number of hydrogen-bond acceptors (Lipinski definition) is 9. The average molecular weight is 420 g/mol. The lowest BCUT2D eigenvalue weighted by Gasteiger charge is -2.34. The number of nitrogens with one attached hydrogen (secondary N) is 1. The smallest absolute Gasteiger partial charge is 0.269 e. The number of ether oxygens (including phenoxy) is 1. The minimum absolute atomic E-state index is 0.107. The third-order valence-corrected chi connectivity index (χ3v) is 4.86. The van der Waals surface area contributed by atoms with Gasteiger partial charge in [-0.3, -0.25) is 4.79 Å². The molecule has 1 aliphatic heterocycles. The van der Waals surface area contributed by atoms with E-state index in [1.54, 1.807) is 30.7 Å². The molecule has 2 aromatic heterocycles. The van der Waals surface area contributed by atoms with Gasteiger partial charge < -0.3 is 20.7 Å². The average Bonchev–Trinajstić information content (AvgIpc) is 2.65. The van der Waals surface area contributed by atoms with E-state index in [1.165, 1.54) is 7.05 Å². The fourth-order valence-corrected chi connectivity index (χ4v) is 3.51. The predicted molar refractivity (Wildman–Crippen MR) is 113 cm³/mol. The molecule has 0 spiro atoms. The van der Waals surface area contributed by atoms with Gasteiger partial charge in [0.25, 0.3) is 5.91 Å². The summed E-state index contributed by atoms with van der Waals surface area (Å²) in [4.78, 5) is 27.3. The first-order valence-corrected chi connectivity index (χ1v) is 11.4. The molecule has 1 atom stereocenters. The summed E-state index contributed by atoms with van der Waals surface area (Å²) in [6.45, 7) is 3.85. The van der Waals surface area contributed by atoms with Crippen molar-refractivity contribution in [2.45, 2.75) is 13.0 Å². The van der Waals surface area contributed by atoms with Crippen molar-refractivity contribution in [1.29, 1.82) is 0 Å². The first-order chi connectivity index (χ1) is 13.7. The van der Waals surface area contributed by atoms with Crippen LogP contribution < -0.4 is 16.0 Å². The van der Waals surface area contributed by atoms with E-state index < -0.39 is 9.73 Å². The van der Waals surface area contributed by atoms with Crippen LogP contribution in [0.2, 0.25) is 0 Å². The van der Waals surface area contributed by atoms with Crippen molar-refractivity contribution in [3.05, 3.63) is 23.9 Å². The Morgan fingerprint density at radius 3 is 2.72 bits per heavy atom. The van der Waals surface area contributed by atoms with E-state index in [1.807, 2.05) is 6.92 Å². The Labute approximate surface area is 170 Å². The van der Waals surface area contributed by atoms with E-state index >= 15 is 0 Å². The third-order valence-electron chi connectivity index (χ3n) is 4.24. The van der Waals surface area contributed by atoms with Gasteiger partial charge in [0.15, 0.2) is 11.6 Å². The number of rotatable bonds is 4. The first-order valence-electron chi connectivity index (χ1n) is 9.07. The molecule has 0 aliphatic carbocycles. The Balaban J connectivity index is 2.17. The van der Waals surface area contributed by atoms with Crippen LogP contribution in [0.15, 0.2) is 22.6 Å². The summed E-state index contributed by atoms with van der Waals surface area (Å²) < 4.78 is 22.0. The second kappa shape index (κ2) is 8.29. The first kappa shape index (κ1) is 20.9. The van der Waals surface area contributed by atoms with Gasteiger partial charge in [0, 0.05) is 47.5 Å². The molecule has 0 saturated carbocycles. The molecule has 1 saturated heterocycles. The molecule has 3 N–H and O–H groups in total. The molecule has 1 unspecified atom stereocenters. The summed E-state index contributed by atoms with van der Waals surface area (Å²) in [6, 6.07) is 4.97. The number of hydrogen-bond donors (Lipinski definition) is 2. The highest BCUT2D eigenvalue weighted by atomic mass is 32.2. The Hall–Kier alpha value is -2.79. The van der Waals surface area contributed by atoms with Gasteiger partial charge >= 0.3 is 0 Å². The Bertz CT molecular complexity index is 1040. The number of aromatic nitrogens is 3. The molecule has 3 rings (SSSR count). The van der Waals surface area contributed by atoms with Crippen molar-refractivity contribution < 1.29 is 13.7 Å². The van der Waals surface area contributed by atoms with Crippen LogP contribution in [0.25, 0.3) is 11.4 Å². The van der Waals surface area contributed by atoms with Gasteiger partial charge in [-0.05, 0) is 19.1 Å². The predicted octanol–water partition coefficient (Wildman–Crippen LogP) is 1.06. The maximum Gasteiger partial charge on any atom is 0.269 e. The normalized spacial score (nSPS) is 17.1. The molecule has 1 fully saturated rings. The van der Waals surface area contributed by atoms with Gasteiger partial charge in [0.2, 0.25) is 0 Å². The maximum atomic E-state index is 12.2. The summed E-state index contributed by atoms with van der Waals surface area (Å²) in [5.41, 5.74) is 6.57. The molecule has 3 heterocycles. The number of pyridine rings is 1. The molecule has 1 amide bonds. The lowest BCUT2D eigenvalue weighted by atomic mass is 10.2. The van der Waals surface area contributed by atoms with E-state index in [4.69, 9.17) is 10.5 Å². The Kier molecular flexibility index (Phi) is 5.99. The summed E-state index contributed by atoms with van der Waals surface area (Å²) in [5, 5.41) is 2.52. The van der Waals surface area contributed by atoms with E-state index in [9.17, 15) is 9.00 Å². The molecule has 29 heavy (non-hydrogen) atoms. The number of carbonyl (C=O) groups is 1. The molecular weight excluding hydrogens is 394 g/mol. The monoisotopic (exact) mass is 419 g/mol. The Morgan fingerprint density at radius 1 is 1.31 bits per heavy atom. The number of nitrogens with zero attached hydrogens (tertiary/aromatic N) is 5. The van der Waals surface area contributed by atoms with Crippen molar-refractivity contribution in [3.63, 3.8) is 0 Å². The lowest BCUT2D eigenvalue weighted by Crippen LogP contribution is -2.44.